The monoisotopic (exact) mass is 287 g/mol. The number of hydrogen-bond donors (Lipinski definition) is 1. The van der Waals surface area contributed by atoms with Crippen LogP contribution in [0.15, 0.2) is 18.2 Å². The van der Waals surface area contributed by atoms with E-state index in [0.29, 0.717) is 0 Å². The first-order chi connectivity index (χ1) is 10.3. The summed E-state index contributed by atoms with van der Waals surface area (Å²) in [5.74, 6) is 0.906. The van der Waals surface area contributed by atoms with Crippen molar-refractivity contribution in [1.82, 2.24) is 15.2 Å². The zero-order valence-electron chi connectivity index (χ0n) is 13.4. The van der Waals surface area contributed by atoms with Crippen LogP contribution < -0.4 is 5.32 Å². The Morgan fingerprint density at radius 3 is 2.62 bits per heavy atom. The maximum atomic E-state index is 4.80. The van der Waals surface area contributed by atoms with E-state index in [9.17, 15) is 0 Å². The van der Waals surface area contributed by atoms with Gasteiger partial charge < -0.3 is 10.2 Å². The fraction of sp³-hybridized carbons (Fsp3) is 0.722. The van der Waals surface area contributed by atoms with E-state index in [1.807, 2.05) is 0 Å². The van der Waals surface area contributed by atoms with E-state index in [2.05, 4.69) is 35.5 Å². The Morgan fingerprint density at radius 2 is 1.86 bits per heavy atom. The van der Waals surface area contributed by atoms with Crippen LogP contribution in [0.5, 0.6) is 0 Å². The van der Waals surface area contributed by atoms with Crippen molar-refractivity contribution in [2.45, 2.75) is 64.1 Å². The van der Waals surface area contributed by atoms with Crippen molar-refractivity contribution in [2.24, 2.45) is 5.92 Å². The van der Waals surface area contributed by atoms with Crippen LogP contribution in [-0.4, -0.2) is 29.5 Å². The molecule has 1 heterocycles. The van der Waals surface area contributed by atoms with Gasteiger partial charge in [0, 0.05) is 25.7 Å². The Hall–Kier alpha value is -0.930. The van der Waals surface area contributed by atoms with Gasteiger partial charge in [0.25, 0.3) is 0 Å². The van der Waals surface area contributed by atoms with Gasteiger partial charge >= 0.3 is 0 Å². The van der Waals surface area contributed by atoms with Gasteiger partial charge in [0.15, 0.2) is 0 Å². The zero-order valence-corrected chi connectivity index (χ0v) is 13.4. The van der Waals surface area contributed by atoms with Gasteiger partial charge in [-0.15, -0.1) is 0 Å². The van der Waals surface area contributed by atoms with Crippen molar-refractivity contribution in [2.75, 3.05) is 13.6 Å². The molecular formula is C18H29N3. The lowest BCUT2D eigenvalue weighted by Crippen LogP contribution is -2.27. The average Bonchev–Trinajstić information content (AvgIpc) is 3.31. The highest BCUT2D eigenvalue weighted by atomic mass is 15.1. The van der Waals surface area contributed by atoms with Gasteiger partial charge in [-0.2, -0.15) is 0 Å². The van der Waals surface area contributed by atoms with Crippen LogP contribution in [0.25, 0.3) is 0 Å². The third-order valence-electron chi connectivity index (χ3n) is 4.74. The second kappa shape index (κ2) is 7.37. The summed E-state index contributed by atoms with van der Waals surface area (Å²) < 4.78 is 0. The molecule has 3 nitrogen and oxygen atoms in total. The molecule has 3 rings (SSSR count). The van der Waals surface area contributed by atoms with Crippen LogP contribution in [0.3, 0.4) is 0 Å². The summed E-state index contributed by atoms with van der Waals surface area (Å²) in [6.07, 6.45) is 9.82. The van der Waals surface area contributed by atoms with Crippen LogP contribution in [0.2, 0.25) is 0 Å². The molecule has 1 N–H and O–H groups in total. The van der Waals surface area contributed by atoms with E-state index in [1.54, 1.807) is 0 Å². The van der Waals surface area contributed by atoms with E-state index < -0.39 is 0 Å². The van der Waals surface area contributed by atoms with Gasteiger partial charge in [-0.05, 0) is 50.8 Å². The summed E-state index contributed by atoms with van der Waals surface area (Å²) in [5.41, 5.74) is 2.40. The van der Waals surface area contributed by atoms with Crippen LogP contribution in [0.1, 0.15) is 56.3 Å². The van der Waals surface area contributed by atoms with Crippen LogP contribution in [0.4, 0.5) is 0 Å². The van der Waals surface area contributed by atoms with Crippen molar-refractivity contribution in [3.05, 3.63) is 29.6 Å². The van der Waals surface area contributed by atoms with Gasteiger partial charge in [-0.1, -0.05) is 25.3 Å². The largest absolute Gasteiger partial charge is 0.308 e. The van der Waals surface area contributed by atoms with Crippen LogP contribution in [-0.2, 0) is 13.1 Å². The third-order valence-corrected chi connectivity index (χ3v) is 4.74. The predicted molar refractivity (Wildman–Crippen MR) is 87.0 cm³/mol. The number of nitrogens with zero attached hydrogens (tertiary/aromatic N) is 2. The second-order valence-corrected chi connectivity index (χ2v) is 6.98. The Bertz CT molecular complexity index is 436. The molecule has 0 amide bonds. The molecule has 1 aromatic rings. The van der Waals surface area contributed by atoms with Crippen molar-refractivity contribution in [3.63, 3.8) is 0 Å². The molecule has 0 atom stereocenters. The smallest absolute Gasteiger partial charge is 0.0547 e. The number of rotatable bonds is 7. The maximum absolute atomic E-state index is 4.80. The van der Waals surface area contributed by atoms with Gasteiger partial charge in [-0.25, -0.2) is 0 Å². The summed E-state index contributed by atoms with van der Waals surface area (Å²) in [6.45, 7) is 3.13. The lowest BCUT2D eigenvalue weighted by molar-refractivity contribution is 0.226. The van der Waals surface area contributed by atoms with Gasteiger partial charge in [0.05, 0.1) is 11.4 Å². The Morgan fingerprint density at radius 1 is 1.10 bits per heavy atom. The summed E-state index contributed by atoms with van der Waals surface area (Å²) in [6, 6.07) is 7.21. The average molecular weight is 287 g/mol. The SMILES string of the molecule is CN(Cc1cccc(CNC2CC2)n1)CC1CCCCC1. The predicted octanol–water partition coefficient (Wildman–Crippen LogP) is 3.35. The second-order valence-electron chi connectivity index (χ2n) is 6.98. The van der Waals surface area contributed by atoms with Crippen LogP contribution >= 0.6 is 0 Å². The minimum absolute atomic E-state index is 0.754. The van der Waals surface area contributed by atoms with Crippen molar-refractivity contribution in [1.29, 1.82) is 0 Å². The topological polar surface area (TPSA) is 28.2 Å². The molecule has 0 saturated heterocycles. The summed E-state index contributed by atoms with van der Waals surface area (Å²) in [4.78, 5) is 7.26. The van der Waals surface area contributed by atoms with E-state index in [0.717, 1.165) is 25.0 Å². The molecule has 2 aliphatic rings. The molecule has 3 heteroatoms. The summed E-state index contributed by atoms with van der Waals surface area (Å²) in [7, 11) is 2.24. The molecule has 0 aromatic carbocycles. The molecule has 0 radical (unpaired) electrons. The van der Waals surface area contributed by atoms with Crippen molar-refractivity contribution in [3.8, 4) is 0 Å². The van der Waals surface area contributed by atoms with Crippen molar-refractivity contribution < 1.29 is 0 Å². The zero-order chi connectivity index (χ0) is 14.5. The van der Waals surface area contributed by atoms with Crippen LogP contribution in [0, 0.1) is 5.92 Å². The minimum atomic E-state index is 0.754. The first-order valence-corrected chi connectivity index (χ1v) is 8.66. The fourth-order valence-corrected chi connectivity index (χ4v) is 3.40. The van der Waals surface area contributed by atoms with E-state index >= 15 is 0 Å². The lowest BCUT2D eigenvalue weighted by atomic mass is 9.89. The molecule has 0 bridgehead atoms. The molecule has 0 unspecified atom stereocenters. The molecule has 1 aromatic heterocycles. The standard InChI is InChI=1S/C18H29N3/c1-21(13-15-6-3-2-4-7-15)14-18-9-5-8-17(20-18)12-19-16-10-11-16/h5,8-9,15-16,19H,2-4,6-7,10-14H2,1H3. The molecule has 0 spiro atoms. The summed E-state index contributed by atoms with van der Waals surface area (Å²) >= 11 is 0. The minimum Gasteiger partial charge on any atom is -0.308 e. The number of aromatic nitrogens is 1. The van der Waals surface area contributed by atoms with Gasteiger partial charge in [0.2, 0.25) is 0 Å². The van der Waals surface area contributed by atoms with Crippen molar-refractivity contribution >= 4 is 0 Å². The molecular weight excluding hydrogens is 258 g/mol. The summed E-state index contributed by atoms with van der Waals surface area (Å²) in [5, 5.41) is 3.54. The quantitative estimate of drug-likeness (QED) is 0.833. The normalized spacial score (nSPS) is 20.1. The molecule has 21 heavy (non-hydrogen) atoms. The number of hydrogen-bond acceptors (Lipinski definition) is 3. The third kappa shape index (κ3) is 5.08. The van der Waals surface area contributed by atoms with E-state index in [1.165, 1.54) is 62.9 Å². The highest BCUT2D eigenvalue weighted by Gasteiger charge is 2.20. The Kier molecular flexibility index (Phi) is 5.26. The van der Waals surface area contributed by atoms with Gasteiger partial charge in [-0.3, -0.25) is 4.98 Å². The molecule has 2 fully saturated rings. The van der Waals surface area contributed by atoms with E-state index in [-0.39, 0.29) is 0 Å². The molecule has 2 saturated carbocycles. The lowest BCUT2D eigenvalue weighted by Gasteiger charge is -2.26. The molecule has 0 aliphatic heterocycles. The Labute approximate surface area is 129 Å². The number of pyridine rings is 1. The number of nitrogens with one attached hydrogen (secondary N) is 1. The molecule has 2 aliphatic carbocycles. The fourth-order valence-electron chi connectivity index (χ4n) is 3.40. The highest BCUT2D eigenvalue weighted by molar-refractivity contribution is 5.11. The highest BCUT2D eigenvalue weighted by Crippen LogP contribution is 2.24. The first kappa shape index (κ1) is 15.0. The Balaban J connectivity index is 1.47. The van der Waals surface area contributed by atoms with E-state index in [4.69, 9.17) is 4.98 Å². The maximum Gasteiger partial charge on any atom is 0.0547 e. The molecule has 116 valence electrons. The first-order valence-electron chi connectivity index (χ1n) is 8.66. The van der Waals surface area contributed by atoms with Gasteiger partial charge in [0.1, 0.15) is 0 Å².